The summed E-state index contributed by atoms with van der Waals surface area (Å²) in [5.74, 6) is -0.0421. The van der Waals surface area contributed by atoms with Crippen molar-refractivity contribution < 1.29 is 14.3 Å². The van der Waals surface area contributed by atoms with Gasteiger partial charge in [0.2, 0.25) is 0 Å². The summed E-state index contributed by atoms with van der Waals surface area (Å²) in [5, 5.41) is 3.15. The summed E-state index contributed by atoms with van der Waals surface area (Å²) >= 11 is 0. The number of ether oxygens (including phenoxy) is 1. The maximum absolute atomic E-state index is 13.0. The molecule has 26 heavy (non-hydrogen) atoms. The molecule has 0 atom stereocenters. The number of imide groups is 1. The molecular formula is C21H22N2O3. The number of hydrogen-bond acceptors (Lipinski definition) is 4. The second-order valence-corrected chi connectivity index (χ2v) is 6.20. The number of amides is 2. The van der Waals surface area contributed by atoms with E-state index in [2.05, 4.69) is 5.32 Å². The molecule has 134 valence electrons. The van der Waals surface area contributed by atoms with E-state index < -0.39 is 0 Å². The summed E-state index contributed by atoms with van der Waals surface area (Å²) in [5.41, 5.74) is 3.13. The van der Waals surface area contributed by atoms with Gasteiger partial charge in [-0.25, -0.2) is 0 Å². The third-order valence-corrected chi connectivity index (χ3v) is 4.31. The Morgan fingerprint density at radius 3 is 2.35 bits per heavy atom. The lowest BCUT2D eigenvalue weighted by Gasteiger charge is -2.14. The van der Waals surface area contributed by atoms with Crippen molar-refractivity contribution in [1.29, 1.82) is 0 Å². The molecule has 0 aromatic heterocycles. The van der Waals surface area contributed by atoms with Crippen LogP contribution in [-0.4, -0.2) is 30.4 Å². The van der Waals surface area contributed by atoms with Crippen LogP contribution in [0.3, 0.4) is 0 Å². The minimum Gasteiger partial charge on any atom is -0.496 e. The fraction of sp³-hybridized carbons (Fsp3) is 0.238. The lowest BCUT2D eigenvalue weighted by molar-refractivity contribution is -0.136. The summed E-state index contributed by atoms with van der Waals surface area (Å²) < 4.78 is 5.41. The highest BCUT2D eigenvalue weighted by Crippen LogP contribution is 2.35. The van der Waals surface area contributed by atoms with Crippen LogP contribution >= 0.6 is 0 Å². The van der Waals surface area contributed by atoms with Crippen LogP contribution in [0.5, 0.6) is 5.75 Å². The summed E-state index contributed by atoms with van der Waals surface area (Å²) in [7, 11) is 1.55. The minimum atomic E-state index is -0.307. The zero-order valence-electron chi connectivity index (χ0n) is 15.2. The zero-order chi connectivity index (χ0) is 18.7. The van der Waals surface area contributed by atoms with Crippen molar-refractivity contribution in [3.8, 4) is 5.75 Å². The van der Waals surface area contributed by atoms with Crippen molar-refractivity contribution in [3.05, 3.63) is 65.4 Å². The SMILES string of the molecule is CCCN1C(=O)C(Nc2ccc(C)cc2)=C(c2ccccc2OC)C1=O. The Morgan fingerprint density at radius 2 is 1.69 bits per heavy atom. The molecule has 0 fully saturated rings. The van der Waals surface area contributed by atoms with Crippen molar-refractivity contribution in [2.24, 2.45) is 0 Å². The van der Waals surface area contributed by atoms with Crippen molar-refractivity contribution in [1.82, 2.24) is 4.90 Å². The highest BCUT2D eigenvalue weighted by molar-refractivity contribution is 6.37. The second kappa shape index (κ2) is 7.44. The Hall–Kier alpha value is -3.08. The minimum absolute atomic E-state index is 0.289. The van der Waals surface area contributed by atoms with Crippen LogP contribution in [-0.2, 0) is 9.59 Å². The molecule has 0 saturated carbocycles. The van der Waals surface area contributed by atoms with E-state index in [1.165, 1.54) is 4.90 Å². The molecule has 1 aliphatic rings. The first kappa shape index (κ1) is 17.7. The van der Waals surface area contributed by atoms with Crippen LogP contribution < -0.4 is 10.1 Å². The molecule has 5 nitrogen and oxygen atoms in total. The molecule has 2 aromatic carbocycles. The lowest BCUT2D eigenvalue weighted by Crippen LogP contribution is -2.33. The standard InChI is InChI=1S/C21H22N2O3/c1-4-13-23-20(24)18(16-7-5-6-8-17(16)26-3)19(21(23)25)22-15-11-9-14(2)10-12-15/h5-12,22H,4,13H2,1-3H3. The van der Waals surface area contributed by atoms with Crippen LogP contribution in [0.15, 0.2) is 54.2 Å². The first-order valence-electron chi connectivity index (χ1n) is 8.64. The van der Waals surface area contributed by atoms with Crippen LogP contribution in [0.4, 0.5) is 5.69 Å². The van der Waals surface area contributed by atoms with E-state index in [0.29, 0.717) is 29.9 Å². The molecule has 1 aliphatic heterocycles. The smallest absolute Gasteiger partial charge is 0.278 e. The van der Waals surface area contributed by atoms with Crippen LogP contribution in [0, 0.1) is 6.92 Å². The van der Waals surface area contributed by atoms with Crippen LogP contribution in [0.25, 0.3) is 5.57 Å². The zero-order valence-corrected chi connectivity index (χ0v) is 15.2. The van der Waals surface area contributed by atoms with E-state index in [4.69, 9.17) is 4.74 Å². The fourth-order valence-electron chi connectivity index (χ4n) is 3.00. The summed E-state index contributed by atoms with van der Waals surface area (Å²) in [6.07, 6.45) is 0.703. The molecule has 3 rings (SSSR count). The predicted molar refractivity (Wildman–Crippen MR) is 102 cm³/mol. The van der Waals surface area contributed by atoms with Crippen LogP contribution in [0.2, 0.25) is 0 Å². The topological polar surface area (TPSA) is 58.6 Å². The van der Waals surface area contributed by atoms with E-state index in [-0.39, 0.29) is 17.5 Å². The van der Waals surface area contributed by atoms with Gasteiger partial charge in [-0.2, -0.15) is 0 Å². The number of benzene rings is 2. The largest absolute Gasteiger partial charge is 0.496 e. The average Bonchev–Trinajstić information content (AvgIpc) is 2.88. The number of anilines is 1. The molecule has 2 aromatic rings. The van der Waals surface area contributed by atoms with Gasteiger partial charge in [-0.3, -0.25) is 14.5 Å². The molecule has 0 radical (unpaired) electrons. The Balaban J connectivity index is 2.11. The summed E-state index contributed by atoms with van der Waals surface area (Å²) in [6.45, 7) is 4.32. The first-order chi connectivity index (χ1) is 12.6. The maximum atomic E-state index is 13.0. The number of nitrogens with zero attached hydrogens (tertiary/aromatic N) is 1. The van der Waals surface area contributed by atoms with Gasteiger partial charge < -0.3 is 10.1 Å². The highest BCUT2D eigenvalue weighted by atomic mass is 16.5. The molecule has 0 spiro atoms. The predicted octanol–water partition coefficient (Wildman–Crippen LogP) is 3.61. The highest BCUT2D eigenvalue weighted by Gasteiger charge is 2.39. The summed E-state index contributed by atoms with van der Waals surface area (Å²) in [6, 6.07) is 14.9. The van der Waals surface area contributed by atoms with Gasteiger partial charge in [0.25, 0.3) is 11.8 Å². The van der Waals surface area contributed by atoms with E-state index in [1.807, 2.05) is 50.2 Å². The molecule has 0 saturated heterocycles. The molecule has 0 bridgehead atoms. The van der Waals surface area contributed by atoms with Gasteiger partial charge in [-0.15, -0.1) is 0 Å². The van der Waals surface area contributed by atoms with E-state index in [0.717, 1.165) is 11.3 Å². The fourth-order valence-corrected chi connectivity index (χ4v) is 3.00. The van der Waals surface area contributed by atoms with Crippen molar-refractivity contribution in [2.75, 3.05) is 19.0 Å². The third-order valence-electron chi connectivity index (χ3n) is 4.31. The van der Waals surface area contributed by atoms with Crippen molar-refractivity contribution in [2.45, 2.75) is 20.3 Å². The molecule has 2 amide bonds. The van der Waals surface area contributed by atoms with Gasteiger partial charge in [0, 0.05) is 17.8 Å². The number of nitrogens with one attached hydrogen (secondary N) is 1. The van der Waals surface area contributed by atoms with Crippen molar-refractivity contribution >= 4 is 23.1 Å². The van der Waals surface area contributed by atoms with Gasteiger partial charge in [0.1, 0.15) is 11.4 Å². The van der Waals surface area contributed by atoms with Gasteiger partial charge in [-0.1, -0.05) is 42.8 Å². The van der Waals surface area contributed by atoms with Crippen LogP contribution in [0.1, 0.15) is 24.5 Å². The molecule has 5 heteroatoms. The Labute approximate surface area is 153 Å². The quantitative estimate of drug-likeness (QED) is 0.809. The number of aryl methyl sites for hydroxylation is 1. The van der Waals surface area contributed by atoms with E-state index in [1.54, 1.807) is 19.2 Å². The number of para-hydroxylation sites is 1. The monoisotopic (exact) mass is 350 g/mol. The van der Waals surface area contributed by atoms with Gasteiger partial charge in [0.15, 0.2) is 0 Å². The first-order valence-corrected chi connectivity index (χ1v) is 8.64. The van der Waals surface area contributed by atoms with E-state index in [9.17, 15) is 9.59 Å². The molecular weight excluding hydrogens is 328 g/mol. The number of carbonyl (C=O) groups is 2. The summed E-state index contributed by atoms with van der Waals surface area (Å²) in [4.78, 5) is 27.2. The molecule has 1 N–H and O–H groups in total. The number of carbonyl (C=O) groups excluding carboxylic acids is 2. The van der Waals surface area contributed by atoms with E-state index >= 15 is 0 Å². The number of hydrogen-bond donors (Lipinski definition) is 1. The Kier molecular flexibility index (Phi) is 5.07. The Bertz CT molecular complexity index is 869. The molecule has 0 aliphatic carbocycles. The average molecular weight is 350 g/mol. The second-order valence-electron chi connectivity index (χ2n) is 6.20. The van der Waals surface area contributed by atoms with Gasteiger partial charge >= 0.3 is 0 Å². The van der Waals surface area contributed by atoms with Gasteiger partial charge in [-0.05, 0) is 31.5 Å². The number of rotatable bonds is 6. The lowest BCUT2D eigenvalue weighted by atomic mass is 10.0. The molecule has 0 unspecified atom stereocenters. The van der Waals surface area contributed by atoms with Gasteiger partial charge in [0.05, 0.1) is 12.7 Å². The number of methoxy groups -OCH3 is 1. The molecule has 1 heterocycles. The Morgan fingerprint density at radius 1 is 1.00 bits per heavy atom. The normalized spacial score (nSPS) is 14.2. The van der Waals surface area contributed by atoms with Crippen molar-refractivity contribution in [3.63, 3.8) is 0 Å². The maximum Gasteiger partial charge on any atom is 0.278 e. The third kappa shape index (κ3) is 3.20.